The highest BCUT2D eigenvalue weighted by Gasteiger charge is 2.18. The van der Waals surface area contributed by atoms with Crippen LogP contribution in [-0.2, 0) is 4.79 Å². The molecule has 3 N–H and O–H groups in total. The average Bonchev–Trinajstić information content (AvgIpc) is 2.44. The number of nitrogens with one attached hydrogen (secondary N) is 2. The van der Waals surface area contributed by atoms with E-state index in [2.05, 4.69) is 15.6 Å². The number of rotatable bonds is 5. The lowest BCUT2D eigenvalue weighted by Gasteiger charge is -2.20. The third kappa shape index (κ3) is 3.94. The van der Waals surface area contributed by atoms with Gasteiger partial charge in [-0.15, -0.1) is 0 Å². The van der Waals surface area contributed by atoms with Gasteiger partial charge in [0.2, 0.25) is 5.91 Å². The maximum absolute atomic E-state index is 12.0. The minimum absolute atomic E-state index is 0.0837. The number of amides is 3. The van der Waals surface area contributed by atoms with E-state index in [9.17, 15) is 14.4 Å². The standard InChI is InChI=1S/C12H16N4O4/c1-3-16(7-9(17)13-2)12(20)15-8-5-4-6-14-10(8)11(18)19/h4-6H,3,7H2,1-2H3,(H,13,17)(H,15,20)(H,18,19). The Labute approximate surface area is 115 Å². The summed E-state index contributed by atoms with van der Waals surface area (Å²) in [4.78, 5) is 39.2. The minimum atomic E-state index is -1.24. The molecule has 0 atom stereocenters. The van der Waals surface area contributed by atoms with Crippen LogP contribution in [0.1, 0.15) is 17.4 Å². The van der Waals surface area contributed by atoms with Crippen molar-refractivity contribution in [2.75, 3.05) is 25.5 Å². The van der Waals surface area contributed by atoms with Gasteiger partial charge in [0.25, 0.3) is 0 Å². The summed E-state index contributed by atoms with van der Waals surface area (Å²) in [6.07, 6.45) is 1.32. The molecule has 108 valence electrons. The molecule has 0 spiro atoms. The number of carbonyl (C=O) groups excluding carboxylic acids is 2. The number of hydrogen-bond acceptors (Lipinski definition) is 4. The van der Waals surface area contributed by atoms with Crippen LogP contribution in [-0.4, -0.2) is 53.0 Å². The van der Waals surface area contributed by atoms with Crippen LogP contribution in [0.15, 0.2) is 18.3 Å². The zero-order chi connectivity index (χ0) is 15.1. The Morgan fingerprint density at radius 1 is 1.40 bits per heavy atom. The quantitative estimate of drug-likeness (QED) is 0.722. The van der Waals surface area contributed by atoms with Crippen LogP contribution in [0.2, 0.25) is 0 Å². The van der Waals surface area contributed by atoms with E-state index in [1.54, 1.807) is 6.92 Å². The molecule has 0 aliphatic carbocycles. The Kier molecular flexibility index (Phi) is 5.45. The molecule has 0 radical (unpaired) electrons. The first-order chi connectivity index (χ1) is 9.49. The molecule has 0 aliphatic rings. The van der Waals surface area contributed by atoms with Gasteiger partial charge in [0.15, 0.2) is 5.69 Å². The van der Waals surface area contributed by atoms with Crippen molar-refractivity contribution in [1.82, 2.24) is 15.2 Å². The maximum Gasteiger partial charge on any atom is 0.356 e. The third-order valence-electron chi connectivity index (χ3n) is 2.53. The van der Waals surface area contributed by atoms with Gasteiger partial charge in [0.05, 0.1) is 5.69 Å². The molecule has 8 nitrogen and oxygen atoms in total. The Hall–Kier alpha value is -2.64. The summed E-state index contributed by atoms with van der Waals surface area (Å²) in [6.45, 7) is 1.91. The van der Waals surface area contributed by atoms with Crippen molar-refractivity contribution in [3.63, 3.8) is 0 Å². The fraction of sp³-hybridized carbons (Fsp3) is 0.333. The number of nitrogens with zero attached hydrogens (tertiary/aromatic N) is 2. The number of likely N-dealkylation sites (N-methyl/N-ethyl adjacent to an activating group) is 2. The first kappa shape index (κ1) is 15.4. The number of aromatic nitrogens is 1. The van der Waals surface area contributed by atoms with Crippen LogP contribution < -0.4 is 10.6 Å². The molecule has 0 fully saturated rings. The fourth-order valence-electron chi connectivity index (χ4n) is 1.45. The van der Waals surface area contributed by atoms with Gasteiger partial charge >= 0.3 is 12.0 Å². The second-order valence-corrected chi connectivity index (χ2v) is 3.82. The van der Waals surface area contributed by atoms with Gasteiger partial charge in [-0.1, -0.05) is 0 Å². The molecule has 0 unspecified atom stereocenters. The second kappa shape index (κ2) is 7.07. The van der Waals surface area contributed by atoms with E-state index in [0.29, 0.717) is 6.54 Å². The van der Waals surface area contributed by atoms with Gasteiger partial charge in [0, 0.05) is 19.8 Å². The van der Waals surface area contributed by atoms with Gasteiger partial charge < -0.3 is 20.6 Å². The summed E-state index contributed by atoms with van der Waals surface area (Å²) < 4.78 is 0. The van der Waals surface area contributed by atoms with Crippen molar-refractivity contribution in [2.45, 2.75) is 6.92 Å². The van der Waals surface area contributed by atoms with Crippen molar-refractivity contribution in [3.05, 3.63) is 24.0 Å². The predicted molar refractivity (Wildman–Crippen MR) is 71.5 cm³/mol. The first-order valence-electron chi connectivity index (χ1n) is 5.94. The van der Waals surface area contributed by atoms with Gasteiger partial charge in [0.1, 0.15) is 6.54 Å². The Bertz CT molecular complexity index is 518. The highest BCUT2D eigenvalue weighted by Crippen LogP contribution is 2.12. The van der Waals surface area contributed by atoms with Crippen molar-refractivity contribution in [2.24, 2.45) is 0 Å². The van der Waals surface area contributed by atoms with Crippen LogP contribution >= 0.6 is 0 Å². The minimum Gasteiger partial charge on any atom is -0.476 e. The number of hydrogen-bond donors (Lipinski definition) is 3. The highest BCUT2D eigenvalue weighted by atomic mass is 16.4. The zero-order valence-corrected chi connectivity index (χ0v) is 11.2. The first-order valence-corrected chi connectivity index (χ1v) is 5.94. The van der Waals surface area contributed by atoms with Gasteiger partial charge in [-0.25, -0.2) is 14.6 Å². The summed E-state index contributed by atoms with van der Waals surface area (Å²) in [5.41, 5.74) is -0.169. The number of carbonyl (C=O) groups is 3. The zero-order valence-electron chi connectivity index (χ0n) is 11.2. The van der Waals surface area contributed by atoms with Crippen molar-refractivity contribution in [1.29, 1.82) is 0 Å². The molecule has 1 heterocycles. The van der Waals surface area contributed by atoms with E-state index in [-0.39, 0.29) is 23.8 Å². The molecule has 0 aromatic carbocycles. The highest BCUT2D eigenvalue weighted by molar-refractivity contribution is 5.99. The second-order valence-electron chi connectivity index (χ2n) is 3.82. The number of aromatic carboxylic acids is 1. The Morgan fingerprint density at radius 3 is 2.65 bits per heavy atom. The van der Waals surface area contributed by atoms with Gasteiger partial charge in [-0.3, -0.25) is 4.79 Å². The van der Waals surface area contributed by atoms with E-state index < -0.39 is 12.0 Å². The SMILES string of the molecule is CCN(CC(=O)NC)C(=O)Nc1cccnc1C(=O)O. The molecule has 1 aromatic heterocycles. The van der Waals surface area contributed by atoms with E-state index >= 15 is 0 Å². The normalized spacial score (nSPS) is 9.70. The molecule has 1 aromatic rings. The van der Waals surface area contributed by atoms with Crippen LogP contribution in [0.5, 0.6) is 0 Å². The molecule has 20 heavy (non-hydrogen) atoms. The summed E-state index contributed by atoms with van der Waals surface area (Å²) in [7, 11) is 1.47. The molecule has 8 heteroatoms. The number of anilines is 1. The molecular formula is C12H16N4O4. The van der Waals surface area contributed by atoms with Crippen LogP contribution in [0.3, 0.4) is 0 Å². The van der Waals surface area contributed by atoms with Crippen molar-refractivity contribution in [3.8, 4) is 0 Å². The van der Waals surface area contributed by atoms with Gasteiger partial charge in [-0.05, 0) is 19.1 Å². The number of urea groups is 1. The lowest BCUT2D eigenvalue weighted by molar-refractivity contribution is -0.121. The molecule has 3 amide bonds. The van der Waals surface area contributed by atoms with Crippen LogP contribution in [0.25, 0.3) is 0 Å². The van der Waals surface area contributed by atoms with E-state index in [1.165, 1.54) is 30.3 Å². The third-order valence-corrected chi connectivity index (χ3v) is 2.53. The van der Waals surface area contributed by atoms with Crippen molar-refractivity contribution < 1.29 is 19.5 Å². The van der Waals surface area contributed by atoms with Crippen LogP contribution in [0.4, 0.5) is 10.5 Å². The van der Waals surface area contributed by atoms with E-state index in [4.69, 9.17) is 5.11 Å². The number of pyridine rings is 1. The summed E-state index contributed by atoms with van der Waals surface area (Å²) in [5.74, 6) is -1.55. The number of carboxylic acid groups (broad SMARTS) is 1. The summed E-state index contributed by atoms with van der Waals surface area (Å²) in [5, 5.41) is 13.8. The van der Waals surface area contributed by atoms with Gasteiger partial charge in [-0.2, -0.15) is 0 Å². The average molecular weight is 280 g/mol. The molecular weight excluding hydrogens is 264 g/mol. The largest absolute Gasteiger partial charge is 0.476 e. The monoisotopic (exact) mass is 280 g/mol. The molecule has 0 aliphatic heterocycles. The van der Waals surface area contributed by atoms with E-state index in [1.807, 2.05) is 0 Å². The molecule has 0 saturated carbocycles. The molecule has 0 saturated heterocycles. The molecule has 0 bridgehead atoms. The Morgan fingerprint density at radius 2 is 2.10 bits per heavy atom. The Balaban J connectivity index is 2.84. The van der Waals surface area contributed by atoms with Crippen LogP contribution in [0, 0.1) is 0 Å². The summed E-state index contributed by atoms with van der Waals surface area (Å²) in [6, 6.07) is 2.38. The lowest BCUT2D eigenvalue weighted by atomic mass is 10.3. The summed E-state index contributed by atoms with van der Waals surface area (Å²) >= 11 is 0. The lowest BCUT2D eigenvalue weighted by Crippen LogP contribution is -2.41. The smallest absolute Gasteiger partial charge is 0.356 e. The number of carboxylic acids is 1. The predicted octanol–water partition coefficient (Wildman–Crippen LogP) is 0.380. The topological polar surface area (TPSA) is 112 Å². The molecule has 1 rings (SSSR count). The van der Waals surface area contributed by atoms with Crippen molar-refractivity contribution >= 4 is 23.6 Å². The maximum atomic E-state index is 12.0. The van der Waals surface area contributed by atoms with E-state index in [0.717, 1.165) is 0 Å². The fourth-order valence-corrected chi connectivity index (χ4v) is 1.45.